The summed E-state index contributed by atoms with van der Waals surface area (Å²) in [6.07, 6.45) is 1.92. The van der Waals surface area contributed by atoms with Crippen molar-refractivity contribution in [3.63, 3.8) is 0 Å². The van der Waals surface area contributed by atoms with Crippen LogP contribution < -0.4 is 15.4 Å². The third-order valence-electron chi connectivity index (χ3n) is 4.79. The first-order valence-electron chi connectivity index (χ1n) is 9.13. The van der Waals surface area contributed by atoms with E-state index in [1.807, 2.05) is 37.3 Å². The maximum atomic E-state index is 12.6. The number of hydrogen-bond donors (Lipinski definition) is 3. The van der Waals surface area contributed by atoms with Gasteiger partial charge in [0.25, 0.3) is 5.91 Å². The summed E-state index contributed by atoms with van der Waals surface area (Å²) in [5, 5.41) is 6.34. The molecule has 1 aliphatic rings. The SMILES string of the molecule is CC1NCCCC1NC(=O)c1cccc(S(=O)(=O)NCc2ccccc2)c1. The van der Waals surface area contributed by atoms with E-state index in [0.717, 1.165) is 24.9 Å². The largest absolute Gasteiger partial charge is 0.348 e. The lowest BCUT2D eigenvalue weighted by atomic mass is 9.99. The van der Waals surface area contributed by atoms with Gasteiger partial charge in [0.15, 0.2) is 0 Å². The Labute approximate surface area is 160 Å². The summed E-state index contributed by atoms with van der Waals surface area (Å²) in [6, 6.07) is 15.7. The van der Waals surface area contributed by atoms with Crippen molar-refractivity contribution in [1.29, 1.82) is 0 Å². The van der Waals surface area contributed by atoms with Crippen LogP contribution in [0.5, 0.6) is 0 Å². The van der Waals surface area contributed by atoms with Crippen LogP contribution in [-0.2, 0) is 16.6 Å². The van der Waals surface area contributed by atoms with Gasteiger partial charge >= 0.3 is 0 Å². The fourth-order valence-corrected chi connectivity index (χ4v) is 4.22. The second-order valence-electron chi connectivity index (χ2n) is 6.80. The van der Waals surface area contributed by atoms with Crippen LogP contribution in [0.2, 0.25) is 0 Å². The molecule has 3 N–H and O–H groups in total. The first kappa shape index (κ1) is 19.5. The summed E-state index contributed by atoms with van der Waals surface area (Å²) >= 11 is 0. The minimum absolute atomic E-state index is 0.0442. The molecule has 0 saturated carbocycles. The normalized spacial score (nSPS) is 20.2. The Bertz CT molecular complexity index is 884. The number of amides is 1. The van der Waals surface area contributed by atoms with Gasteiger partial charge in [0.1, 0.15) is 0 Å². The molecule has 0 bridgehead atoms. The maximum Gasteiger partial charge on any atom is 0.251 e. The van der Waals surface area contributed by atoms with Gasteiger partial charge in [-0.1, -0.05) is 36.4 Å². The number of piperidine rings is 1. The molecule has 3 rings (SSSR count). The zero-order valence-electron chi connectivity index (χ0n) is 15.3. The van der Waals surface area contributed by atoms with Gasteiger partial charge < -0.3 is 10.6 Å². The maximum absolute atomic E-state index is 12.6. The second kappa shape index (κ2) is 8.65. The van der Waals surface area contributed by atoms with Crippen molar-refractivity contribution in [3.05, 3.63) is 65.7 Å². The second-order valence-corrected chi connectivity index (χ2v) is 8.57. The van der Waals surface area contributed by atoms with E-state index in [2.05, 4.69) is 15.4 Å². The molecule has 27 heavy (non-hydrogen) atoms. The molecule has 2 aromatic carbocycles. The number of hydrogen-bond acceptors (Lipinski definition) is 4. The van der Waals surface area contributed by atoms with Crippen molar-refractivity contribution < 1.29 is 13.2 Å². The molecule has 0 aromatic heterocycles. The van der Waals surface area contributed by atoms with Gasteiger partial charge in [-0.2, -0.15) is 0 Å². The van der Waals surface area contributed by atoms with Crippen molar-refractivity contribution >= 4 is 15.9 Å². The molecule has 0 radical (unpaired) electrons. The van der Waals surface area contributed by atoms with E-state index < -0.39 is 10.0 Å². The molecule has 1 aliphatic heterocycles. The van der Waals surface area contributed by atoms with E-state index >= 15 is 0 Å². The molecule has 1 heterocycles. The van der Waals surface area contributed by atoms with E-state index in [1.54, 1.807) is 12.1 Å². The molecule has 7 heteroatoms. The van der Waals surface area contributed by atoms with Crippen LogP contribution in [0.3, 0.4) is 0 Å². The predicted molar refractivity (Wildman–Crippen MR) is 105 cm³/mol. The Morgan fingerprint density at radius 1 is 1.15 bits per heavy atom. The van der Waals surface area contributed by atoms with Crippen molar-refractivity contribution in [3.8, 4) is 0 Å². The first-order chi connectivity index (χ1) is 13.0. The van der Waals surface area contributed by atoms with Crippen molar-refractivity contribution in [1.82, 2.24) is 15.4 Å². The molecule has 2 aromatic rings. The molecule has 1 amide bonds. The first-order valence-corrected chi connectivity index (χ1v) is 10.6. The molecule has 2 unspecified atom stereocenters. The topological polar surface area (TPSA) is 87.3 Å². The van der Waals surface area contributed by atoms with Gasteiger partial charge in [0, 0.05) is 24.2 Å². The highest BCUT2D eigenvalue weighted by Gasteiger charge is 2.23. The van der Waals surface area contributed by atoms with Crippen LogP contribution in [0.1, 0.15) is 35.7 Å². The molecule has 1 fully saturated rings. The smallest absolute Gasteiger partial charge is 0.251 e. The highest BCUT2D eigenvalue weighted by atomic mass is 32.2. The lowest BCUT2D eigenvalue weighted by Gasteiger charge is -2.30. The van der Waals surface area contributed by atoms with E-state index in [-0.39, 0.29) is 29.4 Å². The minimum atomic E-state index is -3.70. The Kier molecular flexibility index (Phi) is 6.26. The van der Waals surface area contributed by atoms with Crippen LogP contribution >= 0.6 is 0 Å². The van der Waals surface area contributed by atoms with Crippen LogP contribution in [0, 0.1) is 0 Å². The van der Waals surface area contributed by atoms with Crippen molar-refractivity contribution in [2.24, 2.45) is 0 Å². The molecule has 0 spiro atoms. The van der Waals surface area contributed by atoms with Gasteiger partial charge in [0.05, 0.1) is 4.90 Å². The predicted octanol–water partition coefficient (Wildman–Crippen LogP) is 2.04. The summed E-state index contributed by atoms with van der Waals surface area (Å²) in [4.78, 5) is 12.6. The molecule has 0 aliphatic carbocycles. The molecule has 1 saturated heterocycles. The zero-order chi connectivity index (χ0) is 19.3. The molecular formula is C20H25N3O3S. The number of nitrogens with one attached hydrogen (secondary N) is 3. The fourth-order valence-electron chi connectivity index (χ4n) is 3.15. The standard InChI is InChI=1S/C20H25N3O3S/c1-15-19(11-6-12-21-15)23-20(24)17-9-5-10-18(13-17)27(25,26)22-14-16-7-3-2-4-8-16/h2-5,7-10,13,15,19,21-22H,6,11-12,14H2,1H3,(H,23,24). The number of carbonyl (C=O) groups excluding carboxylic acids is 1. The average Bonchev–Trinajstić information content (AvgIpc) is 2.69. The van der Waals surface area contributed by atoms with Gasteiger partial charge in [-0.05, 0) is 50.1 Å². The third-order valence-corrected chi connectivity index (χ3v) is 6.19. The summed E-state index contributed by atoms with van der Waals surface area (Å²) in [5.74, 6) is -0.254. The van der Waals surface area contributed by atoms with Crippen LogP contribution in [0.15, 0.2) is 59.5 Å². The number of sulfonamides is 1. The van der Waals surface area contributed by atoms with Crippen LogP contribution in [-0.4, -0.2) is 33.0 Å². The van der Waals surface area contributed by atoms with Crippen molar-refractivity contribution in [2.75, 3.05) is 6.54 Å². The van der Waals surface area contributed by atoms with Gasteiger partial charge in [-0.15, -0.1) is 0 Å². The third kappa shape index (κ3) is 5.15. The van der Waals surface area contributed by atoms with Gasteiger partial charge in [0.2, 0.25) is 10.0 Å². The highest BCUT2D eigenvalue weighted by Crippen LogP contribution is 2.14. The summed E-state index contributed by atoms with van der Waals surface area (Å²) in [6.45, 7) is 3.19. The molecule has 144 valence electrons. The fraction of sp³-hybridized carbons (Fsp3) is 0.350. The Morgan fingerprint density at radius 3 is 2.67 bits per heavy atom. The lowest BCUT2D eigenvalue weighted by molar-refractivity contribution is 0.0919. The monoisotopic (exact) mass is 387 g/mol. The van der Waals surface area contributed by atoms with E-state index in [1.165, 1.54) is 12.1 Å². The minimum Gasteiger partial charge on any atom is -0.348 e. The van der Waals surface area contributed by atoms with E-state index in [0.29, 0.717) is 5.56 Å². The summed E-state index contributed by atoms with van der Waals surface area (Å²) in [7, 11) is -3.70. The number of carbonyl (C=O) groups is 1. The van der Waals surface area contributed by atoms with Gasteiger partial charge in [-0.3, -0.25) is 4.79 Å². The van der Waals surface area contributed by atoms with Gasteiger partial charge in [-0.25, -0.2) is 13.1 Å². The number of rotatable bonds is 6. The molecule has 2 atom stereocenters. The van der Waals surface area contributed by atoms with E-state index in [9.17, 15) is 13.2 Å². The van der Waals surface area contributed by atoms with Crippen molar-refractivity contribution in [2.45, 2.75) is 43.3 Å². The zero-order valence-corrected chi connectivity index (χ0v) is 16.1. The lowest BCUT2D eigenvalue weighted by Crippen LogP contribution is -2.51. The quantitative estimate of drug-likeness (QED) is 0.708. The Hall–Kier alpha value is -2.22. The van der Waals surface area contributed by atoms with Crippen LogP contribution in [0.25, 0.3) is 0 Å². The molecular weight excluding hydrogens is 362 g/mol. The Morgan fingerprint density at radius 2 is 1.93 bits per heavy atom. The average molecular weight is 388 g/mol. The molecule has 6 nitrogen and oxygen atoms in total. The number of benzene rings is 2. The summed E-state index contributed by atoms with van der Waals surface area (Å²) < 4.78 is 27.7. The van der Waals surface area contributed by atoms with E-state index in [4.69, 9.17) is 0 Å². The summed E-state index contributed by atoms with van der Waals surface area (Å²) in [5.41, 5.74) is 1.21. The van der Waals surface area contributed by atoms with Crippen LogP contribution in [0.4, 0.5) is 0 Å². The Balaban J connectivity index is 1.69. The highest BCUT2D eigenvalue weighted by molar-refractivity contribution is 7.89.